The first-order valence-corrected chi connectivity index (χ1v) is 4.64. The van der Waals surface area contributed by atoms with Crippen LogP contribution in [0.2, 0.25) is 0 Å². The minimum atomic E-state index is -0.398. The van der Waals surface area contributed by atoms with Crippen LogP contribution in [0, 0.1) is 11.8 Å². The Labute approximate surface area is 73.9 Å². The largest absolute Gasteiger partial charge is 0.392 e. The highest BCUT2D eigenvalue weighted by Gasteiger charge is 2.21. The van der Waals surface area contributed by atoms with Gasteiger partial charge in [-0.05, 0) is 30.3 Å². The zero-order valence-electron chi connectivity index (χ0n) is 7.83. The number of hydrogen-bond donors (Lipinski definition) is 2. The van der Waals surface area contributed by atoms with Crippen molar-refractivity contribution in [3.05, 3.63) is 11.6 Å². The minimum absolute atomic E-state index is 0.00435. The Morgan fingerprint density at radius 3 is 2.67 bits per heavy atom. The van der Waals surface area contributed by atoms with E-state index in [1.807, 2.05) is 6.08 Å². The van der Waals surface area contributed by atoms with E-state index in [9.17, 15) is 5.11 Å². The topological polar surface area (TPSA) is 40.5 Å². The fourth-order valence-electron chi connectivity index (χ4n) is 1.69. The summed E-state index contributed by atoms with van der Waals surface area (Å²) in [5.74, 6) is 1.15. The van der Waals surface area contributed by atoms with Gasteiger partial charge < -0.3 is 10.2 Å². The summed E-state index contributed by atoms with van der Waals surface area (Å²) in [5, 5.41) is 18.4. The van der Waals surface area contributed by atoms with Crippen LogP contribution in [0.5, 0.6) is 0 Å². The molecule has 2 atom stereocenters. The second-order valence-electron chi connectivity index (χ2n) is 3.90. The van der Waals surface area contributed by atoms with Crippen molar-refractivity contribution in [3.63, 3.8) is 0 Å². The Morgan fingerprint density at radius 1 is 1.50 bits per heavy atom. The second-order valence-corrected chi connectivity index (χ2v) is 3.90. The highest BCUT2D eigenvalue weighted by Crippen LogP contribution is 2.28. The lowest BCUT2D eigenvalue weighted by Gasteiger charge is -2.26. The number of aliphatic hydroxyl groups excluding tert-OH is 2. The van der Waals surface area contributed by atoms with E-state index in [-0.39, 0.29) is 6.61 Å². The number of rotatable bonds is 2. The first kappa shape index (κ1) is 9.75. The molecule has 0 aliphatic heterocycles. The number of aliphatic hydroxyl groups is 2. The van der Waals surface area contributed by atoms with E-state index < -0.39 is 6.10 Å². The summed E-state index contributed by atoms with van der Waals surface area (Å²) in [6, 6.07) is 0. The average molecular weight is 170 g/mol. The molecule has 0 aromatic carbocycles. The highest BCUT2D eigenvalue weighted by atomic mass is 16.3. The van der Waals surface area contributed by atoms with E-state index in [0.29, 0.717) is 11.8 Å². The normalized spacial score (nSPS) is 30.6. The van der Waals surface area contributed by atoms with Crippen LogP contribution in [-0.4, -0.2) is 22.9 Å². The quantitative estimate of drug-likeness (QED) is 0.614. The fourth-order valence-corrected chi connectivity index (χ4v) is 1.69. The SMILES string of the molecule is CC(C)C1C=C(CO)C(O)CC1. The fraction of sp³-hybridized carbons (Fsp3) is 0.800. The molecule has 2 nitrogen and oxygen atoms in total. The molecule has 0 amide bonds. The van der Waals surface area contributed by atoms with Crippen LogP contribution in [0.25, 0.3) is 0 Å². The number of allylic oxidation sites excluding steroid dienone is 1. The molecule has 0 spiro atoms. The van der Waals surface area contributed by atoms with Gasteiger partial charge in [0.25, 0.3) is 0 Å². The van der Waals surface area contributed by atoms with Crippen LogP contribution in [0.15, 0.2) is 11.6 Å². The minimum Gasteiger partial charge on any atom is -0.392 e. The van der Waals surface area contributed by atoms with Gasteiger partial charge in [-0.1, -0.05) is 19.9 Å². The summed E-state index contributed by atoms with van der Waals surface area (Å²) in [5.41, 5.74) is 0.806. The molecule has 1 rings (SSSR count). The molecule has 0 saturated heterocycles. The zero-order chi connectivity index (χ0) is 9.14. The van der Waals surface area contributed by atoms with Crippen LogP contribution in [0.1, 0.15) is 26.7 Å². The maximum atomic E-state index is 9.44. The highest BCUT2D eigenvalue weighted by molar-refractivity contribution is 5.13. The molecule has 12 heavy (non-hydrogen) atoms. The molecular weight excluding hydrogens is 152 g/mol. The van der Waals surface area contributed by atoms with Gasteiger partial charge in [-0.3, -0.25) is 0 Å². The lowest BCUT2D eigenvalue weighted by Crippen LogP contribution is -2.23. The van der Waals surface area contributed by atoms with Gasteiger partial charge in [0.05, 0.1) is 12.7 Å². The molecule has 0 saturated carbocycles. The Hall–Kier alpha value is -0.340. The van der Waals surface area contributed by atoms with Gasteiger partial charge in [0.15, 0.2) is 0 Å². The third-order valence-electron chi connectivity index (χ3n) is 2.67. The molecule has 1 aliphatic carbocycles. The smallest absolute Gasteiger partial charge is 0.0772 e. The Morgan fingerprint density at radius 2 is 2.17 bits per heavy atom. The molecular formula is C10H18O2. The summed E-state index contributed by atoms with van der Waals surface area (Å²) in [4.78, 5) is 0. The molecule has 2 heteroatoms. The first-order chi connectivity index (χ1) is 5.65. The predicted molar refractivity (Wildman–Crippen MR) is 48.7 cm³/mol. The molecule has 0 bridgehead atoms. The van der Waals surface area contributed by atoms with Gasteiger partial charge in [0.2, 0.25) is 0 Å². The third-order valence-corrected chi connectivity index (χ3v) is 2.67. The average Bonchev–Trinajstić information content (AvgIpc) is 2.05. The maximum absolute atomic E-state index is 9.44. The van der Waals surface area contributed by atoms with Crippen molar-refractivity contribution in [2.24, 2.45) is 11.8 Å². The van der Waals surface area contributed by atoms with Crippen molar-refractivity contribution in [3.8, 4) is 0 Å². The van der Waals surface area contributed by atoms with Gasteiger partial charge in [-0.2, -0.15) is 0 Å². The second kappa shape index (κ2) is 4.06. The van der Waals surface area contributed by atoms with Gasteiger partial charge in [-0.25, -0.2) is 0 Å². The van der Waals surface area contributed by atoms with Gasteiger partial charge in [0, 0.05) is 0 Å². The third kappa shape index (κ3) is 2.08. The molecule has 0 fully saturated rings. The number of hydrogen-bond acceptors (Lipinski definition) is 2. The van der Waals surface area contributed by atoms with E-state index in [1.165, 1.54) is 0 Å². The van der Waals surface area contributed by atoms with Crippen molar-refractivity contribution in [2.45, 2.75) is 32.8 Å². The predicted octanol–water partition coefficient (Wildman–Crippen LogP) is 1.33. The summed E-state index contributed by atoms with van der Waals surface area (Å²) >= 11 is 0. The maximum Gasteiger partial charge on any atom is 0.0772 e. The standard InChI is InChI=1S/C10H18O2/c1-7(2)8-3-4-10(12)9(5-8)6-11/h5,7-8,10-12H,3-4,6H2,1-2H3. The molecule has 1 aliphatic rings. The molecule has 2 N–H and O–H groups in total. The van der Waals surface area contributed by atoms with Crippen LogP contribution >= 0.6 is 0 Å². The Kier molecular flexibility index (Phi) is 3.29. The van der Waals surface area contributed by atoms with Crippen LogP contribution in [0.3, 0.4) is 0 Å². The molecule has 0 radical (unpaired) electrons. The summed E-state index contributed by atoms with van der Waals surface area (Å²) in [7, 11) is 0. The molecule has 0 heterocycles. The first-order valence-electron chi connectivity index (χ1n) is 4.64. The monoisotopic (exact) mass is 170 g/mol. The van der Waals surface area contributed by atoms with E-state index in [1.54, 1.807) is 0 Å². The van der Waals surface area contributed by atoms with E-state index in [2.05, 4.69) is 13.8 Å². The van der Waals surface area contributed by atoms with Crippen molar-refractivity contribution in [2.75, 3.05) is 6.61 Å². The van der Waals surface area contributed by atoms with Gasteiger partial charge in [-0.15, -0.1) is 0 Å². The van der Waals surface area contributed by atoms with E-state index in [0.717, 1.165) is 18.4 Å². The summed E-state index contributed by atoms with van der Waals surface area (Å²) in [6.07, 6.45) is 3.49. The van der Waals surface area contributed by atoms with E-state index >= 15 is 0 Å². The summed E-state index contributed by atoms with van der Waals surface area (Å²) in [6.45, 7) is 4.35. The Balaban J connectivity index is 2.66. The molecule has 70 valence electrons. The van der Waals surface area contributed by atoms with E-state index in [4.69, 9.17) is 5.11 Å². The summed E-state index contributed by atoms with van der Waals surface area (Å²) < 4.78 is 0. The van der Waals surface area contributed by atoms with Gasteiger partial charge >= 0.3 is 0 Å². The van der Waals surface area contributed by atoms with Crippen molar-refractivity contribution in [1.29, 1.82) is 0 Å². The zero-order valence-corrected chi connectivity index (χ0v) is 7.83. The lowest BCUT2D eigenvalue weighted by molar-refractivity contribution is 0.155. The van der Waals surface area contributed by atoms with Crippen molar-refractivity contribution >= 4 is 0 Å². The molecule has 2 unspecified atom stereocenters. The van der Waals surface area contributed by atoms with Crippen LogP contribution < -0.4 is 0 Å². The van der Waals surface area contributed by atoms with Crippen molar-refractivity contribution in [1.82, 2.24) is 0 Å². The Bertz CT molecular complexity index is 173. The van der Waals surface area contributed by atoms with Gasteiger partial charge in [0.1, 0.15) is 0 Å². The van der Waals surface area contributed by atoms with Crippen molar-refractivity contribution < 1.29 is 10.2 Å². The molecule has 0 aromatic rings. The molecule has 0 aromatic heterocycles. The van der Waals surface area contributed by atoms with Crippen LogP contribution in [0.4, 0.5) is 0 Å². The van der Waals surface area contributed by atoms with Crippen LogP contribution in [-0.2, 0) is 0 Å². The lowest BCUT2D eigenvalue weighted by atomic mass is 9.82.